The molecule has 0 bridgehead atoms. The molecule has 4 heteroatoms. The van der Waals surface area contributed by atoms with Crippen molar-refractivity contribution in [2.45, 2.75) is 32.3 Å². The monoisotopic (exact) mass is 202 g/mol. The Kier molecular flexibility index (Phi) is 6.49. The molecule has 2 N–H and O–H groups in total. The highest BCUT2D eigenvalue weighted by Gasteiger charge is 2.16. The van der Waals surface area contributed by atoms with Crippen LogP contribution >= 0.6 is 0 Å². The van der Waals surface area contributed by atoms with Gasteiger partial charge in [-0.3, -0.25) is 4.79 Å². The Morgan fingerprint density at radius 1 is 1.43 bits per heavy atom. The van der Waals surface area contributed by atoms with Gasteiger partial charge in [-0.2, -0.15) is 0 Å². The van der Waals surface area contributed by atoms with Gasteiger partial charge in [-0.15, -0.1) is 0 Å². The maximum absolute atomic E-state index is 11.3. The van der Waals surface area contributed by atoms with Crippen molar-refractivity contribution < 1.29 is 9.53 Å². The molecule has 0 unspecified atom stereocenters. The lowest BCUT2D eigenvalue weighted by Crippen LogP contribution is -2.39. The molecule has 0 aromatic carbocycles. The minimum atomic E-state index is -0.279. The van der Waals surface area contributed by atoms with E-state index in [9.17, 15) is 4.79 Å². The maximum Gasteiger partial charge on any atom is 0.220 e. The Labute approximate surface area is 86.4 Å². The van der Waals surface area contributed by atoms with Gasteiger partial charge in [-0.05, 0) is 33.9 Å². The van der Waals surface area contributed by atoms with Gasteiger partial charge in [0.1, 0.15) is 0 Å². The molecule has 0 saturated heterocycles. The molecule has 14 heavy (non-hydrogen) atoms. The molecule has 0 aliphatic rings. The highest BCUT2D eigenvalue weighted by Crippen LogP contribution is 2.04. The van der Waals surface area contributed by atoms with Gasteiger partial charge in [0.05, 0.1) is 5.60 Å². The van der Waals surface area contributed by atoms with E-state index in [0.717, 1.165) is 13.0 Å². The van der Waals surface area contributed by atoms with Crippen molar-refractivity contribution in [2.24, 2.45) is 0 Å². The normalized spacial score (nSPS) is 11.4. The van der Waals surface area contributed by atoms with Crippen molar-refractivity contribution in [1.82, 2.24) is 10.6 Å². The molecule has 0 radical (unpaired) electrons. The fourth-order valence-electron chi connectivity index (χ4n) is 0.898. The average molecular weight is 202 g/mol. The number of carbonyl (C=O) groups is 1. The van der Waals surface area contributed by atoms with Gasteiger partial charge in [0, 0.05) is 20.1 Å². The zero-order valence-electron chi connectivity index (χ0n) is 9.64. The van der Waals surface area contributed by atoms with Crippen LogP contribution in [0.1, 0.15) is 26.7 Å². The van der Waals surface area contributed by atoms with E-state index in [-0.39, 0.29) is 11.5 Å². The lowest BCUT2D eigenvalue weighted by Gasteiger charge is -2.23. The van der Waals surface area contributed by atoms with E-state index in [4.69, 9.17) is 4.74 Å². The Morgan fingerprint density at radius 3 is 2.57 bits per heavy atom. The van der Waals surface area contributed by atoms with Gasteiger partial charge in [-0.25, -0.2) is 0 Å². The third-order valence-electron chi connectivity index (χ3n) is 2.09. The molecular formula is C10H22N2O2. The molecule has 0 spiro atoms. The number of hydrogen-bond acceptors (Lipinski definition) is 3. The van der Waals surface area contributed by atoms with E-state index in [1.54, 1.807) is 7.11 Å². The first-order chi connectivity index (χ1) is 6.52. The Balaban J connectivity index is 3.53. The van der Waals surface area contributed by atoms with Crippen LogP contribution in [0, 0.1) is 0 Å². The summed E-state index contributed by atoms with van der Waals surface area (Å²) >= 11 is 0. The first kappa shape index (κ1) is 13.4. The molecule has 84 valence electrons. The van der Waals surface area contributed by atoms with Crippen LogP contribution in [-0.4, -0.2) is 38.8 Å². The van der Waals surface area contributed by atoms with E-state index < -0.39 is 0 Å². The summed E-state index contributed by atoms with van der Waals surface area (Å²) in [7, 11) is 3.53. The van der Waals surface area contributed by atoms with Crippen molar-refractivity contribution in [3.8, 4) is 0 Å². The van der Waals surface area contributed by atoms with E-state index in [0.29, 0.717) is 13.0 Å². The van der Waals surface area contributed by atoms with Gasteiger partial charge >= 0.3 is 0 Å². The fourth-order valence-corrected chi connectivity index (χ4v) is 0.898. The zero-order valence-corrected chi connectivity index (χ0v) is 9.64. The standard InChI is InChI=1S/C10H22N2O2/c1-10(2,14-4)8-12-9(13)6-5-7-11-3/h11H,5-8H2,1-4H3,(H,12,13). The number of amides is 1. The van der Waals surface area contributed by atoms with Crippen molar-refractivity contribution in [1.29, 1.82) is 0 Å². The molecule has 0 atom stereocenters. The van der Waals surface area contributed by atoms with Crippen LogP contribution in [0.2, 0.25) is 0 Å². The number of methoxy groups -OCH3 is 1. The van der Waals surface area contributed by atoms with Crippen LogP contribution in [0.25, 0.3) is 0 Å². The lowest BCUT2D eigenvalue weighted by molar-refractivity contribution is -0.122. The Bertz CT molecular complexity index is 170. The summed E-state index contributed by atoms with van der Waals surface area (Å²) in [6.07, 6.45) is 1.44. The van der Waals surface area contributed by atoms with Gasteiger partial charge in [0.25, 0.3) is 0 Å². The predicted octanol–water partition coefficient (Wildman–Crippen LogP) is 0.527. The number of carbonyl (C=O) groups excluding carboxylic acids is 1. The molecule has 0 fully saturated rings. The van der Waals surface area contributed by atoms with Crippen LogP contribution in [0.5, 0.6) is 0 Å². The fraction of sp³-hybridized carbons (Fsp3) is 0.900. The summed E-state index contributed by atoms with van der Waals surface area (Å²) in [5.41, 5.74) is -0.279. The third kappa shape index (κ3) is 6.86. The summed E-state index contributed by atoms with van der Waals surface area (Å²) < 4.78 is 5.19. The predicted molar refractivity (Wildman–Crippen MR) is 57.3 cm³/mol. The van der Waals surface area contributed by atoms with E-state index in [2.05, 4.69) is 10.6 Å². The molecule has 0 aromatic rings. The van der Waals surface area contributed by atoms with Crippen molar-refractivity contribution in [3.63, 3.8) is 0 Å². The largest absolute Gasteiger partial charge is 0.377 e. The highest BCUT2D eigenvalue weighted by molar-refractivity contribution is 5.75. The topological polar surface area (TPSA) is 50.4 Å². The molecule has 0 saturated carbocycles. The highest BCUT2D eigenvalue weighted by atomic mass is 16.5. The van der Waals surface area contributed by atoms with Crippen molar-refractivity contribution in [3.05, 3.63) is 0 Å². The Hall–Kier alpha value is -0.610. The van der Waals surface area contributed by atoms with Gasteiger partial charge in [-0.1, -0.05) is 0 Å². The smallest absolute Gasteiger partial charge is 0.220 e. The molecule has 0 heterocycles. The molecule has 0 aromatic heterocycles. The second-order valence-corrected chi connectivity index (χ2v) is 3.95. The van der Waals surface area contributed by atoms with Crippen LogP contribution in [0.4, 0.5) is 0 Å². The molecule has 1 amide bonds. The first-order valence-electron chi connectivity index (χ1n) is 4.98. The van der Waals surface area contributed by atoms with E-state index >= 15 is 0 Å². The summed E-state index contributed by atoms with van der Waals surface area (Å²) in [4.78, 5) is 11.3. The zero-order chi connectivity index (χ0) is 11.0. The van der Waals surface area contributed by atoms with Gasteiger partial charge in [0.2, 0.25) is 5.91 Å². The lowest BCUT2D eigenvalue weighted by atomic mass is 10.1. The summed E-state index contributed by atoms with van der Waals surface area (Å²) in [6.45, 7) is 5.32. The summed E-state index contributed by atoms with van der Waals surface area (Å²) in [5, 5.41) is 5.84. The van der Waals surface area contributed by atoms with E-state index in [1.807, 2.05) is 20.9 Å². The van der Waals surface area contributed by atoms with Crippen LogP contribution in [-0.2, 0) is 9.53 Å². The van der Waals surface area contributed by atoms with Crippen LogP contribution in [0.15, 0.2) is 0 Å². The number of ether oxygens (including phenoxy) is 1. The Morgan fingerprint density at radius 2 is 2.07 bits per heavy atom. The number of nitrogens with one attached hydrogen (secondary N) is 2. The van der Waals surface area contributed by atoms with Gasteiger partial charge < -0.3 is 15.4 Å². The quantitative estimate of drug-likeness (QED) is 0.592. The minimum Gasteiger partial charge on any atom is -0.377 e. The molecule has 0 aliphatic heterocycles. The maximum atomic E-state index is 11.3. The van der Waals surface area contributed by atoms with E-state index in [1.165, 1.54) is 0 Å². The molecular weight excluding hydrogens is 180 g/mol. The second kappa shape index (κ2) is 6.79. The van der Waals surface area contributed by atoms with Crippen molar-refractivity contribution >= 4 is 5.91 Å². The SMILES string of the molecule is CNCCCC(=O)NCC(C)(C)OC. The van der Waals surface area contributed by atoms with Crippen LogP contribution < -0.4 is 10.6 Å². The third-order valence-corrected chi connectivity index (χ3v) is 2.09. The number of rotatable bonds is 7. The summed E-state index contributed by atoms with van der Waals surface area (Å²) in [6, 6.07) is 0. The molecule has 4 nitrogen and oxygen atoms in total. The molecule has 0 rings (SSSR count). The first-order valence-corrected chi connectivity index (χ1v) is 4.98. The van der Waals surface area contributed by atoms with Gasteiger partial charge in [0.15, 0.2) is 0 Å². The second-order valence-electron chi connectivity index (χ2n) is 3.95. The van der Waals surface area contributed by atoms with Crippen molar-refractivity contribution in [2.75, 3.05) is 27.2 Å². The minimum absolute atomic E-state index is 0.0883. The average Bonchev–Trinajstić information content (AvgIpc) is 2.16. The number of hydrogen-bond donors (Lipinski definition) is 2. The van der Waals surface area contributed by atoms with Crippen LogP contribution in [0.3, 0.4) is 0 Å². The summed E-state index contributed by atoms with van der Waals surface area (Å²) in [5.74, 6) is 0.0883. The molecule has 0 aliphatic carbocycles.